The molecule has 0 aromatic heterocycles. The van der Waals surface area contributed by atoms with Gasteiger partial charge in [-0.25, -0.2) is 4.79 Å². The van der Waals surface area contributed by atoms with Crippen LogP contribution in [0.4, 0.5) is 0 Å². The van der Waals surface area contributed by atoms with Crippen LogP contribution in [0.2, 0.25) is 0 Å². The molecule has 0 spiro atoms. The number of carbonyl (C=O) groups is 5. The van der Waals surface area contributed by atoms with Crippen molar-refractivity contribution in [3.8, 4) is 0 Å². The van der Waals surface area contributed by atoms with Crippen LogP contribution in [0.25, 0.3) is 0 Å². The highest BCUT2D eigenvalue weighted by molar-refractivity contribution is 5.94. The molecule has 11 heteroatoms. The molecule has 0 rings (SSSR count). The second-order valence-electron chi connectivity index (χ2n) is 5.86. The van der Waals surface area contributed by atoms with E-state index in [1.165, 1.54) is 0 Å². The minimum Gasteiger partial charge on any atom is -0.481 e. The summed E-state index contributed by atoms with van der Waals surface area (Å²) in [5.74, 6) is -7.03. The Bertz CT molecular complexity index is 553. The first kappa shape index (κ1) is 25.3. The highest BCUT2D eigenvalue weighted by Crippen LogP contribution is 2.18. The molecule has 0 amide bonds. The number of unbranched alkanes of at least 4 members (excludes halogenated alkanes) is 1. The van der Waals surface area contributed by atoms with Gasteiger partial charge < -0.3 is 29.5 Å². The van der Waals surface area contributed by atoms with Gasteiger partial charge in [0, 0.05) is 0 Å². The third kappa shape index (κ3) is 9.31. The molecule has 3 N–H and O–H groups in total. The van der Waals surface area contributed by atoms with E-state index in [9.17, 15) is 29.1 Å². The first-order valence-electron chi connectivity index (χ1n) is 8.73. The maximum absolute atomic E-state index is 11.8. The Kier molecular flexibility index (Phi) is 11.4. The molecule has 28 heavy (non-hydrogen) atoms. The van der Waals surface area contributed by atoms with Crippen LogP contribution in [0.1, 0.15) is 46.0 Å². The molecule has 0 aliphatic carbocycles. The molecule has 1 unspecified atom stereocenters. The van der Waals surface area contributed by atoms with E-state index in [-0.39, 0.29) is 32.7 Å². The molecule has 0 bridgehead atoms. The van der Waals surface area contributed by atoms with Crippen molar-refractivity contribution in [1.82, 2.24) is 0 Å². The van der Waals surface area contributed by atoms with E-state index in [4.69, 9.17) is 24.4 Å². The Morgan fingerprint density at radius 3 is 1.82 bits per heavy atom. The zero-order valence-electron chi connectivity index (χ0n) is 15.8. The number of aliphatic carboxylic acids is 2. The molecule has 11 nitrogen and oxygen atoms in total. The SMILES string of the molecule is CCOC(=O)C(CCCCOC(=O)CC(O)(CC(=O)O)C(=O)O)C(=O)OCC. The van der Waals surface area contributed by atoms with Crippen molar-refractivity contribution in [3.05, 3.63) is 0 Å². The lowest BCUT2D eigenvalue weighted by Gasteiger charge is -2.20. The topological polar surface area (TPSA) is 174 Å². The average molecular weight is 406 g/mol. The number of carboxylic acids is 2. The molecule has 0 heterocycles. The minimum atomic E-state index is -2.76. The van der Waals surface area contributed by atoms with E-state index in [0.29, 0.717) is 6.42 Å². The zero-order valence-corrected chi connectivity index (χ0v) is 15.8. The Morgan fingerprint density at radius 2 is 1.39 bits per heavy atom. The molecule has 0 saturated carbocycles. The third-order valence-corrected chi connectivity index (χ3v) is 3.57. The zero-order chi connectivity index (χ0) is 21.7. The third-order valence-electron chi connectivity index (χ3n) is 3.57. The van der Waals surface area contributed by atoms with Crippen molar-refractivity contribution >= 4 is 29.8 Å². The van der Waals surface area contributed by atoms with E-state index >= 15 is 0 Å². The summed E-state index contributed by atoms with van der Waals surface area (Å²) in [5, 5.41) is 27.3. The van der Waals surface area contributed by atoms with Crippen LogP contribution in [0, 0.1) is 5.92 Å². The predicted molar refractivity (Wildman–Crippen MR) is 91.0 cm³/mol. The smallest absolute Gasteiger partial charge is 0.336 e. The van der Waals surface area contributed by atoms with Gasteiger partial charge in [0.05, 0.1) is 32.7 Å². The predicted octanol–water partition coefficient (Wildman–Crippen LogP) is 0.123. The van der Waals surface area contributed by atoms with Gasteiger partial charge >= 0.3 is 29.8 Å². The van der Waals surface area contributed by atoms with Gasteiger partial charge in [-0.1, -0.05) is 0 Å². The second-order valence-corrected chi connectivity index (χ2v) is 5.86. The maximum atomic E-state index is 11.8. The van der Waals surface area contributed by atoms with Crippen molar-refractivity contribution in [2.45, 2.75) is 51.6 Å². The number of hydrogen-bond donors (Lipinski definition) is 3. The van der Waals surface area contributed by atoms with Crippen LogP contribution >= 0.6 is 0 Å². The quantitative estimate of drug-likeness (QED) is 0.155. The summed E-state index contributed by atoms with van der Waals surface area (Å²) in [4.78, 5) is 56.8. The Hall–Kier alpha value is -2.69. The van der Waals surface area contributed by atoms with Gasteiger partial charge in [0.2, 0.25) is 0 Å². The summed E-state index contributed by atoms with van der Waals surface area (Å²) in [6.07, 6.45) is -1.53. The fraction of sp³-hybridized carbons (Fsp3) is 0.706. The number of carbonyl (C=O) groups excluding carboxylic acids is 3. The van der Waals surface area contributed by atoms with Crippen LogP contribution in [0.5, 0.6) is 0 Å². The second kappa shape index (κ2) is 12.7. The standard InChI is InChI=1S/C17H26O11/c1-3-26-14(21)11(15(22)27-4-2)7-5-6-8-28-13(20)10-17(25,16(23)24)9-12(18)19/h11,25H,3-10H2,1-2H3,(H,18,19)(H,23,24). The Labute approximate surface area is 161 Å². The van der Waals surface area contributed by atoms with Crippen LogP contribution in [0.3, 0.4) is 0 Å². The molecule has 0 aromatic carbocycles. The molecule has 0 aliphatic heterocycles. The number of ether oxygens (including phenoxy) is 3. The summed E-state index contributed by atoms with van der Waals surface area (Å²) < 4.78 is 14.4. The van der Waals surface area contributed by atoms with Gasteiger partial charge in [-0.15, -0.1) is 0 Å². The van der Waals surface area contributed by atoms with Crippen molar-refractivity contribution in [2.24, 2.45) is 5.92 Å². The van der Waals surface area contributed by atoms with E-state index < -0.39 is 54.2 Å². The Morgan fingerprint density at radius 1 is 0.857 bits per heavy atom. The number of aliphatic hydroxyl groups is 1. The van der Waals surface area contributed by atoms with Crippen molar-refractivity contribution in [2.75, 3.05) is 19.8 Å². The first-order chi connectivity index (χ1) is 13.1. The number of esters is 3. The molecule has 0 aromatic rings. The van der Waals surface area contributed by atoms with Crippen LogP contribution in [-0.2, 0) is 38.2 Å². The molecule has 0 fully saturated rings. The summed E-state index contributed by atoms with van der Waals surface area (Å²) in [7, 11) is 0. The van der Waals surface area contributed by atoms with E-state index in [0.717, 1.165) is 0 Å². The van der Waals surface area contributed by atoms with Crippen LogP contribution in [0.15, 0.2) is 0 Å². The number of carboxylic acid groups (broad SMARTS) is 2. The van der Waals surface area contributed by atoms with Crippen LogP contribution in [-0.4, -0.2) is 70.6 Å². The molecule has 0 aliphatic rings. The summed E-state index contributed by atoms with van der Waals surface area (Å²) >= 11 is 0. The molecule has 1 atom stereocenters. The molecular weight excluding hydrogens is 380 g/mol. The highest BCUT2D eigenvalue weighted by atomic mass is 16.6. The van der Waals surface area contributed by atoms with Gasteiger partial charge in [-0.3, -0.25) is 19.2 Å². The lowest BCUT2D eigenvalue weighted by atomic mass is 9.96. The van der Waals surface area contributed by atoms with Gasteiger partial charge in [-0.05, 0) is 33.1 Å². The maximum Gasteiger partial charge on any atom is 0.336 e. The fourth-order valence-corrected chi connectivity index (χ4v) is 2.21. The van der Waals surface area contributed by atoms with Crippen molar-refractivity contribution < 1.29 is 53.5 Å². The van der Waals surface area contributed by atoms with E-state index in [1.807, 2.05) is 0 Å². The Balaban J connectivity index is 4.46. The molecular formula is C17H26O11. The van der Waals surface area contributed by atoms with Crippen molar-refractivity contribution in [3.63, 3.8) is 0 Å². The van der Waals surface area contributed by atoms with Crippen LogP contribution < -0.4 is 0 Å². The molecule has 160 valence electrons. The van der Waals surface area contributed by atoms with E-state index in [2.05, 4.69) is 0 Å². The number of hydrogen-bond acceptors (Lipinski definition) is 9. The average Bonchev–Trinajstić information content (AvgIpc) is 2.57. The number of rotatable bonds is 14. The molecule has 0 radical (unpaired) electrons. The summed E-state index contributed by atoms with van der Waals surface area (Å²) in [6.45, 7) is 3.24. The monoisotopic (exact) mass is 406 g/mol. The minimum absolute atomic E-state index is 0.104. The lowest BCUT2D eigenvalue weighted by molar-refractivity contribution is -0.172. The highest BCUT2D eigenvalue weighted by Gasteiger charge is 2.41. The van der Waals surface area contributed by atoms with Gasteiger partial charge in [-0.2, -0.15) is 0 Å². The summed E-state index contributed by atoms with van der Waals surface area (Å²) in [6, 6.07) is 0. The van der Waals surface area contributed by atoms with Crippen molar-refractivity contribution in [1.29, 1.82) is 0 Å². The van der Waals surface area contributed by atoms with E-state index in [1.54, 1.807) is 13.8 Å². The van der Waals surface area contributed by atoms with Gasteiger partial charge in [0.15, 0.2) is 11.5 Å². The first-order valence-corrected chi connectivity index (χ1v) is 8.73. The van der Waals surface area contributed by atoms with Gasteiger partial charge in [0.1, 0.15) is 0 Å². The normalized spacial score (nSPS) is 12.7. The lowest BCUT2D eigenvalue weighted by Crippen LogP contribution is -2.43. The molecule has 0 saturated heterocycles. The summed E-state index contributed by atoms with van der Waals surface area (Å²) in [5.41, 5.74) is -2.76. The fourth-order valence-electron chi connectivity index (χ4n) is 2.21. The largest absolute Gasteiger partial charge is 0.481 e. The van der Waals surface area contributed by atoms with Gasteiger partial charge in [0.25, 0.3) is 0 Å².